The van der Waals surface area contributed by atoms with Crippen molar-refractivity contribution in [3.05, 3.63) is 41.6 Å². The van der Waals surface area contributed by atoms with E-state index in [9.17, 15) is 4.79 Å². The fraction of sp³-hybridized carbons (Fsp3) is 0.167. The average Bonchev–Trinajstić information content (AvgIpc) is 2.57. The van der Waals surface area contributed by atoms with E-state index in [1.54, 1.807) is 36.0 Å². The van der Waals surface area contributed by atoms with E-state index >= 15 is 0 Å². The van der Waals surface area contributed by atoms with Crippen LogP contribution in [0.15, 0.2) is 30.3 Å². The maximum absolute atomic E-state index is 11.9. The molecule has 3 N–H and O–H groups in total. The largest absolute Gasteiger partial charge is 0.399 e. The molecule has 5 nitrogen and oxygen atoms in total. The summed E-state index contributed by atoms with van der Waals surface area (Å²) in [6.45, 7) is 1.87. The van der Waals surface area contributed by atoms with Gasteiger partial charge in [0, 0.05) is 24.4 Å². The molecule has 1 heterocycles. The van der Waals surface area contributed by atoms with Crippen LogP contribution in [-0.4, -0.2) is 15.7 Å². The molecule has 0 saturated carbocycles. The number of benzene rings is 1. The summed E-state index contributed by atoms with van der Waals surface area (Å²) >= 11 is 0. The van der Waals surface area contributed by atoms with Crippen LogP contribution < -0.4 is 11.1 Å². The van der Waals surface area contributed by atoms with E-state index in [1.807, 2.05) is 13.0 Å². The molecular formula is C12H15ClN4O. The molecule has 0 bridgehead atoms. The maximum Gasteiger partial charge on any atom is 0.256 e. The molecule has 6 heteroatoms. The standard InChI is InChI=1S/C12H14N4O.ClH/c1-8-6-11(16(2)15-8)14-12(17)9-4-3-5-10(13)7-9;/h3-7H,13H2,1-2H3,(H,14,17);1H. The average molecular weight is 267 g/mol. The second-order valence-corrected chi connectivity index (χ2v) is 3.87. The number of aromatic nitrogens is 2. The zero-order chi connectivity index (χ0) is 12.4. The highest BCUT2D eigenvalue weighted by atomic mass is 35.5. The quantitative estimate of drug-likeness (QED) is 0.817. The number of hydrogen-bond donors (Lipinski definition) is 2. The van der Waals surface area contributed by atoms with E-state index < -0.39 is 0 Å². The van der Waals surface area contributed by atoms with Crippen LogP contribution in [0.1, 0.15) is 16.1 Å². The number of aryl methyl sites for hydroxylation is 2. The lowest BCUT2D eigenvalue weighted by atomic mass is 10.2. The van der Waals surface area contributed by atoms with Gasteiger partial charge in [0.15, 0.2) is 0 Å². The van der Waals surface area contributed by atoms with Gasteiger partial charge >= 0.3 is 0 Å². The molecular weight excluding hydrogens is 252 g/mol. The lowest BCUT2D eigenvalue weighted by Crippen LogP contribution is -2.14. The topological polar surface area (TPSA) is 72.9 Å². The molecule has 18 heavy (non-hydrogen) atoms. The molecule has 2 aromatic rings. The third-order valence-corrected chi connectivity index (χ3v) is 2.39. The summed E-state index contributed by atoms with van der Waals surface area (Å²) < 4.78 is 1.62. The zero-order valence-electron chi connectivity index (χ0n) is 10.2. The number of carbonyl (C=O) groups excluding carboxylic acids is 1. The molecule has 1 aromatic carbocycles. The zero-order valence-corrected chi connectivity index (χ0v) is 11.0. The third kappa shape index (κ3) is 3.01. The number of carbonyl (C=O) groups is 1. The van der Waals surface area contributed by atoms with Gasteiger partial charge in [0.05, 0.1) is 5.69 Å². The number of halogens is 1. The Morgan fingerprint density at radius 1 is 1.39 bits per heavy atom. The number of hydrogen-bond acceptors (Lipinski definition) is 3. The molecule has 0 spiro atoms. The van der Waals surface area contributed by atoms with Crippen LogP contribution in [0.3, 0.4) is 0 Å². The van der Waals surface area contributed by atoms with Crippen molar-refractivity contribution in [2.75, 3.05) is 11.1 Å². The second kappa shape index (κ2) is 5.55. The van der Waals surface area contributed by atoms with Crippen LogP contribution in [0.4, 0.5) is 11.5 Å². The van der Waals surface area contributed by atoms with E-state index in [0.717, 1.165) is 5.69 Å². The Labute approximate surface area is 111 Å². The predicted octanol–water partition coefficient (Wildman–Crippen LogP) is 1.98. The fourth-order valence-electron chi connectivity index (χ4n) is 1.60. The van der Waals surface area contributed by atoms with Gasteiger partial charge in [-0.05, 0) is 25.1 Å². The minimum atomic E-state index is -0.194. The van der Waals surface area contributed by atoms with Gasteiger partial charge in [-0.2, -0.15) is 5.10 Å². The molecule has 0 aliphatic heterocycles. The van der Waals surface area contributed by atoms with Crippen molar-refractivity contribution >= 4 is 29.8 Å². The van der Waals surface area contributed by atoms with Crippen LogP contribution in [0, 0.1) is 6.92 Å². The van der Waals surface area contributed by atoms with E-state index in [-0.39, 0.29) is 18.3 Å². The van der Waals surface area contributed by atoms with Crippen molar-refractivity contribution in [3.8, 4) is 0 Å². The maximum atomic E-state index is 11.9. The molecule has 2 rings (SSSR count). The third-order valence-electron chi connectivity index (χ3n) is 2.39. The lowest BCUT2D eigenvalue weighted by molar-refractivity contribution is 0.102. The Kier molecular flexibility index (Phi) is 4.33. The van der Waals surface area contributed by atoms with E-state index in [1.165, 1.54) is 0 Å². The van der Waals surface area contributed by atoms with Crippen LogP contribution in [0.25, 0.3) is 0 Å². The minimum Gasteiger partial charge on any atom is -0.399 e. The normalized spacial score (nSPS) is 9.67. The molecule has 1 aromatic heterocycles. The van der Waals surface area contributed by atoms with E-state index in [2.05, 4.69) is 10.4 Å². The molecule has 0 atom stereocenters. The van der Waals surface area contributed by atoms with Crippen molar-refractivity contribution in [1.82, 2.24) is 9.78 Å². The van der Waals surface area contributed by atoms with Crippen LogP contribution >= 0.6 is 12.4 Å². The van der Waals surface area contributed by atoms with Crippen LogP contribution in [-0.2, 0) is 7.05 Å². The highest BCUT2D eigenvalue weighted by molar-refractivity contribution is 6.04. The number of amides is 1. The summed E-state index contributed by atoms with van der Waals surface area (Å²) in [5.41, 5.74) is 7.58. The summed E-state index contributed by atoms with van der Waals surface area (Å²) in [5.74, 6) is 0.468. The number of nitrogen functional groups attached to an aromatic ring is 1. The van der Waals surface area contributed by atoms with Gasteiger partial charge < -0.3 is 11.1 Å². The van der Waals surface area contributed by atoms with Crippen LogP contribution in [0.5, 0.6) is 0 Å². The van der Waals surface area contributed by atoms with Gasteiger partial charge in [-0.3, -0.25) is 9.48 Å². The molecule has 1 amide bonds. The first-order chi connectivity index (χ1) is 8.06. The van der Waals surface area contributed by atoms with Crippen molar-refractivity contribution < 1.29 is 4.79 Å². The van der Waals surface area contributed by atoms with E-state index in [0.29, 0.717) is 17.1 Å². The molecule has 0 aliphatic rings. The number of rotatable bonds is 2. The highest BCUT2D eigenvalue weighted by Gasteiger charge is 2.09. The minimum absolute atomic E-state index is 0. The number of nitrogens with one attached hydrogen (secondary N) is 1. The summed E-state index contributed by atoms with van der Waals surface area (Å²) in [6.07, 6.45) is 0. The first-order valence-corrected chi connectivity index (χ1v) is 5.24. The Bertz CT molecular complexity index is 565. The molecule has 0 unspecified atom stereocenters. The molecule has 0 aliphatic carbocycles. The Morgan fingerprint density at radius 2 is 2.11 bits per heavy atom. The molecule has 96 valence electrons. The van der Waals surface area contributed by atoms with Gasteiger partial charge in [0.1, 0.15) is 5.82 Å². The molecule has 0 fully saturated rings. The highest BCUT2D eigenvalue weighted by Crippen LogP contribution is 2.12. The van der Waals surface area contributed by atoms with Gasteiger partial charge in [0.25, 0.3) is 5.91 Å². The Balaban J connectivity index is 0.00000162. The van der Waals surface area contributed by atoms with Crippen molar-refractivity contribution in [3.63, 3.8) is 0 Å². The fourth-order valence-corrected chi connectivity index (χ4v) is 1.60. The van der Waals surface area contributed by atoms with Crippen LogP contribution in [0.2, 0.25) is 0 Å². The Morgan fingerprint density at radius 3 is 2.67 bits per heavy atom. The smallest absolute Gasteiger partial charge is 0.256 e. The SMILES string of the molecule is Cc1cc(NC(=O)c2cccc(N)c2)n(C)n1.Cl. The first-order valence-electron chi connectivity index (χ1n) is 5.24. The summed E-state index contributed by atoms with van der Waals surface area (Å²) in [4.78, 5) is 11.9. The van der Waals surface area contributed by atoms with Crippen molar-refractivity contribution in [2.45, 2.75) is 6.92 Å². The first kappa shape index (κ1) is 14.1. The van der Waals surface area contributed by atoms with E-state index in [4.69, 9.17) is 5.73 Å². The van der Waals surface area contributed by atoms with Gasteiger partial charge in [-0.15, -0.1) is 12.4 Å². The second-order valence-electron chi connectivity index (χ2n) is 3.87. The molecule has 0 radical (unpaired) electrons. The van der Waals surface area contributed by atoms with Gasteiger partial charge in [-0.25, -0.2) is 0 Å². The van der Waals surface area contributed by atoms with Gasteiger partial charge in [0.2, 0.25) is 0 Å². The van der Waals surface area contributed by atoms with Crippen molar-refractivity contribution in [1.29, 1.82) is 0 Å². The lowest BCUT2D eigenvalue weighted by Gasteiger charge is -2.05. The summed E-state index contributed by atoms with van der Waals surface area (Å²) in [6, 6.07) is 8.65. The summed E-state index contributed by atoms with van der Waals surface area (Å²) in [7, 11) is 1.78. The van der Waals surface area contributed by atoms with Crippen molar-refractivity contribution in [2.24, 2.45) is 7.05 Å². The number of nitrogens with two attached hydrogens (primary N) is 1. The monoisotopic (exact) mass is 266 g/mol. The van der Waals surface area contributed by atoms with Gasteiger partial charge in [-0.1, -0.05) is 6.07 Å². The molecule has 0 saturated heterocycles. The Hall–Kier alpha value is -2.01. The number of anilines is 2. The number of nitrogens with zero attached hydrogens (tertiary/aromatic N) is 2. The predicted molar refractivity (Wildman–Crippen MR) is 74.0 cm³/mol. The summed E-state index contributed by atoms with van der Waals surface area (Å²) in [5, 5.41) is 6.93.